The summed E-state index contributed by atoms with van der Waals surface area (Å²) in [6.07, 6.45) is 2.11. The van der Waals surface area contributed by atoms with Crippen LogP contribution in [0.3, 0.4) is 0 Å². The van der Waals surface area contributed by atoms with E-state index in [9.17, 15) is 9.18 Å². The van der Waals surface area contributed by atoms with Gasteiger partial charge < -0.3 is 10.3 Å². The van der Waals surface area contributed by atoms with Gasteiger partial charge in [-0.15, -0.1) is 0 Å². The summed E-state index contributed by atoms with van der Waals surface area (Å²) in [4.78, 5) is 14.8. The maximum absolute atomic E-state index is 13.3. The molecular weight excluding hydrogens is 243 g/mol. The lowest BCUT2D eigenvalue weighted by Crippen LogP contribution is -2.27. The van der Waals surface area contributed by atoms with Crippen molar-refractivity contribution in [1.82, 2.24) is 10.3 Å². The van der Waals surface area contributed by atoms with Crippen LogP contribution < -0.4 is 10.9 Å². The van der Waals surface area contributed by atoms with Gasteiger partial charge in [0.2, 0.25) is 0 Å². The number of nitrogens with one attached hydrogen (secondary N) is 2. The first-order chi connectivity index (χ1) is 9.16. The number of rotatable bonds is 1. The Hall–Kier alpha value is -1.68. The first-order valence-electron chi connectivity index (χ1n) is 6.69. The first kappa shape index (κ1) is 12.4. The van der Waals surface area contributed by atoms with E-state index in [1.165, 1.54) is 17.7 Å². The largest absolute Gasteiger partial charge is 0.326 e. The van der Waals surface area contributed by atoms with Crippen LogP contribution in [0.2, 0.25) is 0 Å². The van der Waals surface area contributed by atoms with Gasteiger partial charge in [0, 0.05) is 5.69 Å². The number of halogens is 1. The Morgan fingerprint density at radius 2 is 1.95 bits per heavy atom. The van der Waals surface area contributed by atoms with Gasteiger partial charge in [0.25, 0.3) is 5.56 Å². The topological polar surface area (TPSA) is 44.9 Å². The van der Waals surface area contributed by atoms with Crippen LogP contribution in [0, 0.1) is 12.7 Å². The average molecular weight is 260 g/mol. The molecule has 100 valence electrons. The Kier molecular flexibility index (Phi) is 3.11. The van der Waals surface area contributed by atoms with E-state index in [1.54, 1.807) is 6.07 Å². The predicted molar refractivity (Wildman–Crippen MR) is 74.1 cm³/mol. The number of fused-ring (bicyclic) bond motifs is 1. The van der Waals surface area contributed by atoms with Crippen molar-refractivity contribution in [3.8, 4) is 0 Å². The Balaban J connectivity index is 2.25. The van der Waals surface area contributed by atoms with Crippen LogP contribution in [0.5, 0.6) is 0 Å². The number of pyridine rings is 1. The Morgan fingerprint density at radius 1 is 1.21 bits per heavy atom. The van der Waals surface area contributed by atoms with Crippen molar-refractivity contribution in [2.45, 2.75) is 25.7 Å². The molecule has 1 fully saturated rings. The van der Waals surface area contributed by atoms with Crippen LogP contribution in [0.15, 0.2) is 23.0 Å². The molecule has 1 aliphatic heterocycles. The molecule has 19 heavy (non-hydrogen) atoms. The summed E-state index contributed by atoms with van der Waals surface area (Å²) in [7, 11) is 0. The molecule has 1 aliphatic rings. The predicted octanol–water partition coefficient (Wildman–Crippen LogP) is 2.44. The minimum Gasteiger partial charge on any atom is -0.326 e. The number of H-pyrrole nitrogens is 1. The standard InChI is InChI=1S/C15H17FN2O/c1-9-14(10-4-6-17-7-5-10)12-3-2-11(16)8-13(12)15(19)18-9/h2-3,8,10,17H,4-7H2,1H3,(H,18,19). The summed E-state index contributed by atoms with van der Waals surface area (Å²) >= 11 is 0. The van der Waals surface area contributed by atoms with E-state index in [0.717, 1.165) is 37.0 Å². The average Bonchev–Trinajstić information content (AvgIpc) is 2.41. The molecule has 1 aromatic heterocycles. The minimum atomic E-state index is -0.363. The van der Waals surface area contributed by atoms with E-state index in [4.69, 9.17) is 0 Å². The fourth-order valence-electron chi connectivity index (χ4n) is 3.08. The summed E-state index contributed by atoms with van der Waals surface area (Å²) in [6, 6.07) is 4.51. The van der Waals surface area contributed by atoms with Crippen LogP contribution in [0.25, 0.3) is 10.8 Å². The maximum Gasteiger partial charge on any atom is 0.256 e. The SMILES string of the molecule is Cc1[nH]c(=O)c2cc(F)ccc2c1C1CCNCC1. The second kappa shape index (κ2) is 4.78. The van der Waals surface area contributed by atoms with E-state index in [1.807, 2.05) is 6.92 Å². The zero-order valence-electron chi connectivity index (χ0n) is 10.9. The summed E-state index contributed by atoms with van der Waals surface area (Å²) < 4.78 is 13.3. The molecule has 2 N–H and O–H groups in total. The zero-order valence-corrected chi connectivity index (χ0v) is 10.9. The van der Waals surface area contributed by atoms with Gasteiger partial charge in [-0.2, -0.15) is 0 Å². The monoisotopic (exact) mass is 260 g/mol. The lowest BCUT2D eigenvalue weighted by Gasteiger charge is -2.25. The molecule has 1 saturated heterocycles. The molecule has 0 unspecified atom stereocenters. The van der Waals surface area contributed by atoms with Crippen LogP contribution in [-0.4, -0.2) is 18.1 Å². The molecular formula is C15H17FN2O. The van der Waals surface area contributed by atoms with Gasteiger partial charge in [0.1, 0.15) is 5.82 Å². The lowest BCUT2D eigenvalue weighted by molar-refractivity contribution is 0.460. The third-order valence-corrected chi connectivity index (χ3v) is 3.97. The molecule has 0 aliphatic carbocycles. The van der Waals surface area contributed by atoms with Crippen molar-refractivity contribution in [1.29, 1.82) is 0 Å². The van der Waals surface area contributed by atoms with Gasteiger partial charge in [-0.05, 0) is 61.9 Å². The third kappa shape index (κ3) is 2.16. The number of piperidine rings is 1. The highest BCUT2D eigenvalue weighted by Gasteiger charge is 2.20. The van der Waals surface area contributed by atoms with E-state index < -0.39 is 0 Å². The van der Waals surface area contributed by atoms with E-state index in [2.05, 4.69) is 10.3 Å². The summed E-state index contributed by atoms with van der Waals surface area (Å²) in [5.41, 5.74) is 1.89. The molecule has 0 radical (unpaired) electrons. The zero-order chi connectivity index (χ0) is 13.4. The van der Waals surface area contributed by atoms with Crippen LogP contribution in [0.4, 0.5) is 4.39 Å². The smallest absolute Gasteiger partial charge is 0.256 e. The Labute approximate surface area is 110 Å². The summed E-state index contributed by atoms with van der Waals surface area (Å²) in [5, 5.41) is 4.70. The van der Waals surface area contributed by atoms with E-state index in [0.29, 0.717) is 11.3 Å². The van der Waals surface area contributed by atoms with Crippen LogP contribution >= 0.6 is 0 Å². The van der Waals surface area contributed by atoms with Gasteiger partial charge >= 0.3 is 0 Å². The second-order valence-electron chi connectivity index (χ2n) is 5.21. The number of hydrogen-bond acceptors (Lipinski definition) is 2. The van der Waals surface area contributed by atoms with Crippen molar-refractivity contribution in [2.75, 3.05) is 13.1 Å². The van der Waals surface area contributed by atoms with Crippen LogP contribution in [0.1, 0.15) is 30.0 Å². The van der Waals surface area contributed by atoms with Crippen molar-refractivity contribution < 1.29 is 4.39 Å². The summed E-state index contributed by atoms with van der Waals surface area (Å²) in [6.45, 7) is 3.92. The highest BCUT2D eigenvalue weighted by atomic mass is 19.1. The quantitative estimate of drug-likeness (QED) is 0.827. The highest BCUT2D eigenvalue weighted by molar-refractivity contribution is 5.86. The van der Waals surface area contributed by atoms with E-state index in [-0.39, 0.29) is 11.4 Å². The fraction of sp³-hybridized carbons (Fsp3) is 0.400. The molecule has 1 aromatic carbocycles. The molecule has 2 aromatic rings. The summed E-state index contributed by atoms with van der Waals surface area (Å²) in [5.74, 6) is 0.0733. The molecule has 3 nitrogen and oxygen atoms in total. The lowest BCUT2D eigenvalue weighted by atomic mass is 9.86. The molecule has 0 atom stereocenters. The van der Waals surface area contributed by atoms with Crippen molar-refractivity contribution in [3.63, 3.8) is 0 Å². The molecule has 4 heteroatoms. The van der Waals surface area contributed by atoms with Crippen LogP contribution in [-0.2, 0) is 0 Å². The van der Waals surface area contributed by atoms with E-state index >= 15 is 0 Å². The maximum atomic E-state index is 13.3. The normalized spacial score (nSPS) is 16.9. The molecule has 2 heterocycles. The van der Waals surface area contributed by atoms with Gasteiger partial charge in [-0.3, -0.25) is 4.79 Å². The molecule has 0 spiro atoms. The van der Waals surface area contributed by atoms with Gasteiger partial charge in [0.15, 0.2) is 0 Å². The second-order valence-corrected chi connectivity index (χ2v) is 5.21. The molecule has 0 saturated carbocycles. The first-order valence-corrected chi connectivity index (χ1v) is 6.69. The molecule has 3 rings (SSSR count). The number of hydrogen-bond donors (Lipinski definition) is 2. The number of aryl methyl sites for hydroxylation is 1. The molecule has 0 bridgehead atoms. The number of aromatic nitrogens is 1. The van der Waals surface area contributed by atoms with Crippen molar-refractivity contribution in [3.05, 3.63) is 45.6 Å². The third-order valence-electron chi connectivity index (χ3n) is 3.97. The van der Waals surface area contributed by atoms with Crippen molar-refractivity contribution in [2.24, 2.45) is 0 Å². The van der Waals surface area contributed by atoms with Crippen molar-refractivity contribution >= 4 is 10.8 Å². The minimum absolute atomic E-state index is 0.204. The highest BCUT2D eigenvalue weighted by Crippen LogP contribution is 2.32. The Bertz CT molecular complexity index is 672. The van der Waals surface area contributed by atoms with Gasteiger partial charge in [-0.1, -0.05) is 6.07 Å². The Morgan fingerprint density at radius 3 is 2.68 bits per heavy atom. The number of aromatic amines is 1. The van der Waals surface area contributed by atoms with Gasteiger partial charge in [0.05, 0.1) is 5.39 Å². The number of benzene rings is 1. The van der Waals surface area contributed by atoms with Gasteiger partial charge in [-0.25, -0.2) is 4.39 Å². The molecule has 0 amide bonds. The fourth-order valence-corrected chi connectivity index (χ4v) is 3.08.